The van der Waals surface area contributed by atoms with E-state index >= 15 is 0 Å². The van der Waals surface area contributed by atoms with Crippen LogP contribution in [-0.4, -0.2) is 6.21 Å². The molecule has 6 heavy (non-hydrogen) atoms. The molecule has 0 spiro atoms. The van der Waals surface area contributed by atoms with Gasteiger partial charge in [-0.3, -0.25) is 0 Å². The standard InChI is InChI=1S/C3H5FN2/c4-3(1-5)2-6/h1-2,5H,6H2/b3-2+,5-1?. The summed E-state index contributed by atoms with van der Waals surface area (Å²) in [7, 11) is 0. The van der Waals surface area contributed by atoms with E-state index in [0.717, 1.165) is 6.20 Å². The van der Waals surface area contributed by atoms with E-state index in [1.165, 1.54) is 0 Å². The molecular weight excluding hydrogens is 83.0 g/mol. The largest absolute Gasteiger partial charge is 0.402 e. The third-order valence-electron chi connectivity index (χ3n) is 0.297. The second-order valence-electron chi connectivity index (χ2n) is 0.696. The first-order chi connectivity index (χ1) is 2.81. The molecular formula is C3H5FN2. The fraction of sp³-hybridized carbons (Fsp3) is 0. The predicted molar refractivity (Wildman–Crippen MR) is 22.2 cm³/mol. The summed E-state index contributed by atoms with van der Waals surface area (Å²) >= 11 is 0. The van der Waals surface area contributed by atoms with Gasteiger partial charge in [-0.2, -0.15) is 0 Å². The Kier molecular flexibility index (Phi) is 2.04. The first-order valence-corrected chi connectivity index (χ1v) is 1.39. The quantitative estimate of drug-likeness (QED) is 0.448. The molecule has 34 valence electrons. The van der Waals surface area contributed by atoms with Crippen molar-refractivity contribution in [3.05, 3.63) is 12.0 Å². The van der Waals surface area contributed by atoms with Crippen molar-refractivity contribution in [2.75, 3.05) is 0 Å². The second-order valence-corrected chi connectivity index (χ2v) is 0.696. The Morgan fingerprint density at radius 3 is 2.33 bits per heavy atom. The van der Waals surface area contributed by atoms with E-state index in [1.807, 2.05) is 0 Å². The number of nitrogens with two attached hydrogens (primary N) is 1. The van der Waals surface area contributed by atoms with Crippen LogP contribution in [0.1, 0.15) is 0 Å². The molecule has 0 amide bonds. The van der Waals surface area contributed by atoms with Gasteiger partial charge in [-0.1, -0.05) is 0 Å². The number of hydrogen-bond acceptors (Lipinski definition) is 2. The Balaban J connectivity index is 3.50. The third kappa shape index (κ3) is 1.46. The van der Waals surface area contributed by atoms with Crippen molar-refractivity contribution in [3.8, 4) is 0 Å². The Bertz CT molecular complexity index is 76.9. The molecule has 3 N–H and O–H groups in total. The topological polar surface area (TPSA) is 49.9 Å². The van der Waals surface area contributed by atoms with Crippen LogP contribution in [0, 0.1) is 5.41 Å². The average Bonchev–Trinajstić information content (AvgIpc) is 1.65. The van der Waals surface area contributed by atoms with Gasteiger partial charge >= 0.3 is 0 Å². The van der Waals surface area contributed by atoms with Gasteiger partial charge in [-0.15, -0.1) is 0 Å². The lowest BCUT2D eigenvalue weighted by Crippen LogP contribution is -1.81. The SMILES string of the molecule is N=C/C(F)=C\N. The first-order valence-electron chi connectivity index (χ1n) is 1.39. The monoisotopic (exact) mass is 88.0 g/mol. The van der Waals surface area contributed by atoms with Crippen molar-refractivity contribution in [1.82, 2.24) is 0 Å². The highest BCUT2D eigenvalue weighted by atomic mass is 19.1. The van der Waals surface area contributed by atoms with Gasteiger partial charge in [0.25, 0.3) is 0 Å². The Morgan fingerprint density at radius 1 is 1.83 bits per heavy atom. The maximum absolute atomic E-state index is 11.4. The van der Waals surface area contributed by atoms with Crippen LogP contribution in [0.5, 0.6) is 0 Å². The minimum Gasteiger partial charge on any atom is -0.402 e. The van der Waals surface area contributed by atoms with Gasteiger partial charge in [0.05, 0.1) is 6.21 Å². The third-order valence-corrected chi connectivity index (χ3v) is 0.297. The molecule has 0 aliphatic carbocycles. The van der Waals surface area contributed by atoms with E-state index in [0.29, 0.717) is 6.21 Å². The van der Waals surface area contributed by atoms with Crippen molar-refractivity contribution in [2.45, 2.75) is 0 Å². The number of nitrogens with one attached hydrogen (secondary N) is 1. The molecule has 0 aromatic rings. The smallest absolute Gasteiger partial charge is 0.156 e. The minimum absolute atomic E-state index is 0.542. The predicted octanol–water partition coefficient (Wildman–Crippen LogP) is 0.406. The highest BCUT2D eigenvalue weighted by molar-refractivity contribution is 5.71. The van der Waals surface area contributed by atoms with E-state index in [4.69, 9.17) is 5.41 Å². The summed E-state index contributed by atoms with van der Waals surface area (Å²) in [4.78, 5) is 0. The van der Waals surface area contributed by atoms with E-state index in [1.54, 1.807) is 0 Å². The maximum atomic E-state index is 11.4. The van der Waals surface area contributed by atoms with Crippen LogP contribution in [0.15, 0.2) is 12.0 Å². The fourth-order valence-electron chi connectivity index (χ4n) is 0.0481. The zero-order valence-electron chi connectivity index (χ0n) is 3.11. The lowest BCUT2D eigenvalue weighted by atomic mass is 10.6. The number of halogens is 1. The molecule has 0 saturated heterocycles. The van der Waals surface area contributed by atoms with Crippen molar-refractivity contribution in [1.29, 1.82) is 5.41 Å². The highest BCUT2D eigenvalue weighted by Gasteiger charge is 1.75. The lowest BCUT2D eigenvalue weighted by Gasteiger charge is -1.72. The Labute approximate surface area is 35.0 Å². The van der Waals surface area contributed by atoms with Crippen LogP contribution < -0.4 is 5.73 Å². The van der Waals surface area contributed by atoms with Crippen LogP contribution in [0.4, 0.5) is 4.39 Å². The van der Waals surface area contributed by atoms with Crippen molar-refractivity contribution in [3.63, 3.8) is 0 Å². The van der Waals surface area contributed by atoms with Gasteiger partial charge in [0, 0.05) is 6.20 Å². The van der Waals surface area contributed by atoms with E-state index < -0.39 is 5.83 Å². The van der Waals surface area contributed by atoms with Crippen LogP contribution in [0.2, 0.25) is 0 Å². The molecule has 0 saturated carbocycles. The van der Waals surface area contributed by atoms with Crippen molar-refractivity contribution in [2.24, 2.45) is 5.73 Å². The van der Waals surface area contributed by atoms with Crippen molar-refractivity contribution >= 4 is 6.21 Å². The van der Waals surface area contributed by atoms with E-state index in [2.05, 4.69) is 5.73 Å². The normalized spacial score (nSPS) is 11.2. The summed E-state index contributed by atoms with van der Waals surface area (Å²) in [6, 6.07) is 0. The summed E-state index contributed by atoms with van der Waals surface area (Å²) < 4.78 is 11.4. The molecule has 2 nitrogen and oxygen atoms in total. The summed E-state index contributed by atoms with van der Waals surface area (Å²) in [6.07, 6.45) is 1.27. The molecule has 3 heteroatoms. The zero-order chi connectivity index (χ0) is 4.99. The fourth-order valence-corrected chi connectivity index (χ4v) is 0.0481. The molecule has 0 bridgehead atoms. The van der Waals surface area contributed by atoms with Crippen LogP contribution >= 0.6 is 0 Å². The van der Waals surface area contributed by atoms with Gasteiger partial charge < -0.3 is 11.1 Å². The lowest BCUT2D eigenvalue weighted by molar-refractivity contribution is 0.682. The summed E-state index contributed by atoms with van der Waals surface area (Å²) in [5.41, 5.74) is 4.59. The van der Waals surface area contributed by atoms with Gasteiger partial charge in [0.2, 0.25) is 0 Å². The zero-order valence-corrected chi connectivity index (χ0v) is 3.11. The van der Waals surface area contributed by atoms with Gasteiger partial charge in [0.1, 0.15) is 0 Å². The molecule has 0 atom stereocenters. The average molecular weight is 88.1 g/mol. The number of hydrogen-bond donors (Lipinski definition) is 2. The highest BCUT2D eigenvalue weighted by Crippen LogP contribution is 1.81. The Morgan fingerprint density at radius 2 is 2.33 bits per heavy atom. The molecule has 0 aliphatic rings. The summed E-state index contributed by atoms with van der Waals surface area (Å²) in [5.74, 6) is -0.713. The van der Waals surface area contributed by atoms with Crippen molar-refractivity contribution < 1.29 is 4.39 Å². The molecule has 0 radical (unpaired) electrons. The van der Waals surface area contributed by atoms with Crippen LogP contribution in [-0.2, 0) is 0 Å². The van der Waals surface area contributed by atoms with Crippen LogP contribution in [0.25, 0.3) is 0 Å². The molecule has 0 aromatic carbocycles. The summed E-state index contributed by atoms with van der Waals surface area (Å²) in [6.45, 7) is 0. The number of rotatable bonds is 1. The van der Waals surface area contributed by atoms with Gasteiger partial charge in [0.15, 0.2) is 5.83 Å². The maximum Gasteiger partial charge on any atom is 0.156 e. The van der Waals surface area contributed by atoms with Crippen LogP contribution in [0.3, 0.4) is 0 Å². The van der Waals surface area contributed by atoms with E-state index in [-0.39, 0.29) is 0 Å². The summed E-state index contributed by atoms with van der Waals surface area (Å²) in [5, 5.41) is 6.16. The number of allylic oxidation sites excluding steroid dienone is 1. The molecule has 0 unspecified atom stereocenters. The van der Waals surface area contributed by atoms with Gasteiger partial charge in [-0.05, 0) is 0 Å². The molecule has 0 aromatic heterocycles. The molecule has 0 aliphatic heterocycles. The molecule has 0 heterocycles. The first kappa shape index (κ1) is 5.14. The molecule has 0 rings (SSSR count). The second kappa shape index (κ2) is 2.38. The van der Waals surface area contributed by atoms with E-state index in [9.17, 15) is 4.39 Å². The van der Waals surface area contributed by atoms with Gasteiger partial charge in [-0.25, -0.2) is 4.39 Å². The molecule has 0 fully saturated rings. The minimum atomic E-state index is -0.713. The Hall–Kier alpha value is -0.860.